The first-order chi connectivity index (χ1) is 36.9. The Labute approximate surface area is 443 Å². The van der Waals surface area contributed by atoms with Gasteiger partial charge in [-0.05, 0) is 36.0 Å². The van der Waals surface area contributed by atoms with Crippen LogP contribution in [0.5, 0.6) is 0 Å². The first kappa shape index (κ1) is 68.0. The number of urea groups is 1. The lowest BCUT2D eigenvalue weighted by Gasteiger charge is -2.43. The number of hydrogen-bond donors (Lipinski definition) is 4. The standard InChI is InChI=1S/C33H40N2O8.C13H10F17N3O3S/c36-31(35-30(32(37)38)18-10-11-19-34-33(39)43-22-28-16-8-3-9-17-28)25-41-24-29(42-21-27-14-6-2-7-15-27)23-40-20-26-12-4-1-5-13-26;14-6(15,8(18,19)10(22,23)12(26,27)28)7(16,17)9(20,21)11(24,25)13(29,30)37(35,36)33-3-1-32(2-4-33)5(31)34/h1-9,12-17,29-30H,10-11,18-25H2,(H,34,39)(H,35,36)(H,37,38);1-4H2,(H2,31,34)/t29?,30-;/m0./s1. The molecule has 1 aliphatic heterocycles. The third-order valence-electron chi connectivity index (χ3n) is 11.2. The summed E-state index contributed by atoms with van der Waals surface area (Å²) in [7, 11) is -7.35. The number of alkyl carbamates (subject to hydrolysis) is 1. The summed E-state index contributed by atoms with van der Waals surface area (Å²) >= 11 is 0. The summed E-state index contributed by atoms with van der Waals surface area (Å²) in [5.41, 5.74) is 7.64. The number of piperazine rings is 1. The van der Waals surface area contributed by atoms with Crippen molar-refractivity contribution in [3.63, 3.8) is 0 Å². The van der Waals surface area contributed by atoms with Crippen molar-refractivity contribution < 1.29 is 126 Å². The zero-order chi connectivity index (χ0) is 60.6. The van der Waals surface area contributed by atoms with Crippen LogP contribution >= 0.6 is 0 Å². The molecule has 0 radical (unpaired) electrons. The van der Waals surface area contributed by atoms with E-state index >= 15 is 0 Å². The molecule has 5 N–H and O–H groups in total. The molecule has 0 saturated carbocycles. The second-order valence-corrected chi connectivity index (χ2v) is 19.0. The fourth-order valence-electron chi connectivity index (χ4n) is 6.65. The van der Waals surface area contributed by atoms with E-state index in [2.05, 4.69) is 10.6 Å². The van der Waals surface area contributed by atoms with Crippen LogP contribution in [0.15, 0.2) is 91.0 Å². The predicted octanol–water partition coefficient (Wildman–Crippen LogP) is 8.45. The number of primary amides is 1. The highest BCUT2D eigenvalue weighted by Gasteiger charge is 2.96. The fraction of sp³-hybridized carbons (Fsp3) is 0.522. The number of carbonyl (C=O) groups is 4. The minimum Gasteiger partial charge on any atom is -0.480 e. The number of carboxylic acid groups (broad SMARTS) is 1. The van der Waals surface area contributed by atoms with Gasteiger partial charge < -0.3 is 45.3 Å². The van der Waals surface area contributed by atoms with Gasteiger partial charge in [0.2, 0.25) is 5.91 Å². The van der Waals surface area contributed by atoms with Crippen LogP contribution in [-0.4, -0.2) is 158 Å². The molecule has 4 rings (SSSR count). The van der Waals surface area contributed by atoms with E-state index in [1.807, 2.05) is 91.0 Å². The molecule has 3 aromatic rings. The molecule has 16 nitrogen and oxygen atoms in total. The lowest BCUT2D eigenvalue weighted by molar-refractivity contribution is -0.458. The van der Waals surface area contributed by atoms with Gasteiger partial charge in [0.1, 0.15) is 25.4 Å². The summed E-state index contributed by atoms with van der Waals surface area (Å²) in [6.45, 7) is -3.63. The van der Waals surface area contributed by atoms with Crippen molar-refractivity contribution in [1.29, 1.82) is 0 Å². The lowest BCUT2D eigenvalue weighted by Crippen LogP contribution is -2.75. The second kappa shape index (κ2) is 27.9. The van der Waals surface area contributed by atoms with Crippen molar-refractivity contribution in [3.8, 4) is 0 Å². The third kappa shape index (κ3) is 16.4. The van der Waals surface area contributed by atoms with E-state index in [1.165, 1.54) is 0 Å². The van der Waals surface area contributed by atoms with E-state index < -0.39 is 124 Å². The SMILES string of the molecule is NC(=O)N1CCN(S(=O)(=O)C(F)(F)C(F)(F)C(F)(F)C(F)(F)C(F)(F)C(F)(F)C(F)(F)C(F)(F)F)CC1.O=C(COCC(COCc1ccccc1)OCc1ccccc1)N[C@@H](CCCCNC(=O)OCc1ccccc1)C(=O)O. The number of aliphatic carboxylic acids is 1. The van der Waals surface area contributed by atoms with E-state index in [0.717, 1.165) is 16.7 Å². The Bertz CT molecular complexity index is 2570. The van der Waals surface area contributed by atoms with Crippen LogP contribution in [0, 0.1) is 0 Å². The first-order valence-corrected chi connectivity index (χ1v) is 24.4. The number of nitrogens with two attached hydrogens (primary N) is 1. The smallest absolute Gasteiger partial charge is 0.460 e. The van der Waals surface area contributed by atoms with Gasteiger partial charge in [-0.3, -0.25) is 4.79 Å². The molecule has 1 fully saturated rings. The molecule has 0 aliphatic carbocycles. The fourth-order valence-corrected chi connectivity index (χ4v) is 8.07. The van der Waals surface area contributed by atoms with Gasteiger partial charge in [-0.15, -0.1) is 0 Å². The maximum absolute atomic E-state index is 14.1. The average molecular weight is 1200 g/mol. The Morgan fingerprint density at radius 3 is 1.49 bits per heavy atom. The maximum Gasteiger partial charge on any atom is 0.460 e. The zero-order valence-corrected chi connectivity index (χ0v) is 41.9. The highest BCUT2D eigenvalue weighted by Crippen LogP contribution is 2.64. The Hall–Kier alpha value is -6.26. The Kier molecular flexibility index (Phi) is 23.8. The normalized spacial score (nSPS) is 15.2. The van der Waals surface area contributed by atoms with Gasteiger partial charge in [-0.1, -0.05) is 91.0 Å². The van der Waals surface area contributed by atoms with E-state index in [1.54, 1.807) is 0 Å². The largest absolute Gasteiger partial charge is 0.480 e. The van der Waals surface area contributed by atoms with E-state index in [0.29, 0.717) is 37.5 Å². The minimum absolute atomic E-state index is 0.0961. The summed E-state index contributed by atoms with van der Waals surface area (Å²) in [4.78, 5) is 47.3. The molecule has 450 valence electrons. The molecule has 0 bridgehead atoms. The molecule has 0 aromatic heterocycles. The molecule has 4 amide bonds. The van der Waals surface area contributed by atoms with Crippen molar-refractivity contribution in [3.05, 3.63) is 108 Å². The van der Waals surface area contributed by atoms with Crippen molar-refractivity contribution in [1.82, 2.24) is 19.8 Å². The number of alkyl halides is 17. The summed E-state index contributed by atoms with van der Waals surface area (Å²) < 4.78 is 271. The zero-order valence-electron chi connectivity index (χ0n) is 41.0. The number of rotatable bonds is 28. The van der Waals surface area contributed by atoms with E-state index in [4.69, 9.17) is 24.7 Å². The number of carboxylic acids is 1. The van der Waals surface area contributed by atoms with Gasteiger partial charge in [0, 0.05) is 32.7 Å². The highest BCUT2D eigenvalue weighted by atomic mass is 32.2. The monoisotopic (exact) mass is 1200 g/mol. The molecule has 3 aromatic carbocycles. The molecule has 1 unspecified atom stereocenters. The number of carbonyl (C=O) groups excluding carboxylic acids is 3. The molecule has 80 heavy (non-hydrogen) atoms. The number of amides is 4. The van der Waals surface area contributed by atoms with Crippen LogP contribution in [0.1, 0.15) is 36.0 Å². The van der Waals surface area contributed by atoms with Gasteiger partial charge in [-0.2, -0.15) is 78.9 Å². The second-order valence-electron chi connectivity index (χ2n) is 17.1. The molecule has 1 saturated heterocycles. The van der Waals surface area contributed by atoms with Crippen LogP contribution in [0.4, 0.5) is 84.2 Å². The number of sulfonamides is 1. The minimum atomic E-state index is -8.88. The van der Waals surface area contributed by atoms with E-state index in [-0.39, 0.29) is 32.8 Å². The molecule has 1 heterocycles. The number of nitrogens with one attached hydrogen (secondary N) is 2. The van der Waals surface area contributed by atoms with Crippen LogP contribution in [-0.2, 0) is 58.4 Å². The number of hydrogen-bond acceptors (Lipinski definition) is 10. The Morgan fingerprint density at radius 1 is 0.588 bits per heavy atom. The molecule has 34 heteroatoms. The summed E-state index contributed by atoms with van der Waals surface area (Å²) in [5.74, 6) is -53.5. The average Bonchev–Trinajstić information content (AvgIpc) is 3.59. The molecule has 1 aliphatic rings. The number of nitrogens with zero attached hydrogens (tertiary/aromatic N) is 2. The summed E-state index contributed by atoms with van der Waals surface area (Å²) in [6, 6.07) is 26.4. The molecule has 0 spiro atoms. The van der Waals surface area contributed by atoms with Crippen LogP contribution < -0.4 is 16.4 Å². The summed E-state index contributed by atoms with van der Waals surface area (Å²) in [6.07, 6.45) is -7.66. The van der Waals surface area contributed by atoms with Gasteiger partial charge in [-0.25, -0.2) is 22.8 Å². The van der Waals surface area contributed by atoms with Gasteiger partial charge in [0.05, 0.1) is 26.4 Å². The molecular formula is C46H50F17N5O11S. The third-order valence-corrected chi connectivity index (χ3v) is 13.2. The number of benzene rings is 3. The van der Waals surface area contributed by atoms with Crippen molar-refractivity contribution >= 4 is 34.0 Å². The van der Waals surface area contributed by atoms with Crippen molar-refractivity contribution in [2.24, 2.45) is 5.73 Å². The summed E-state index contributed by atoms with van der Waals surface area (Å²) in [5, 5.41) is 7.08. The predicted molar refractivity (Wildman–Crippen MR) is 242 cm³/mol. The van der Waals surface area contributed by atoms with Gasteiger partial charge in [0.25, 0.3) is 10.0 Å². The Morgan fingerprint density at radius 2 is 1.02 bits per heavy atom. The van der Waals surface area contributed by atoms with Crippen LogP contribution in [0.25, 0.3) is 0 Å². The van der Waals surface area contributed by atoms with Crippen LogP contribution in [0.3, 0.4) is 0 Å². The van der Waals surface area contributed by atoms with E-state index in [9.17, 15) is 107 Å². The lowest BCUT2D eigenvalue weighted by atomic mass is 9.91. The number of unbranched alkanes of at least 4 members (excludes halogenated alkanes) is 1. The van der Waals surface area contributed by atoms with Gasteiger partial charge >= 0.3 is 65.1 Å². The molecule has 2 atom stereocenters. The number of halogens is 17. The first-order valence-electron chi connectivity index (χ1n) is 23.0. The van der Waals surface area contributed by atoms with Crippen molar-refractivity contribution in [2.45, 2.75) is 98.2 Å². The quantitative estimate of drug-likeness (QED) is 0.0400. The highest BCUT2D eigenvalue weighted by molar-refractivity contribution is 7.90. The maximum atomic E-state index is 14.1. The Balaban J connectivity index is 0.000000426. The van der Waals surface area contributed by atoms with Gasteiger partial charge in [0.15, 0.2) is 0 Å². The van der Waals surface area contributed by atoms with Crippen LogP contribution in [0.2, 0.25) is 0 Å². The molecular weight excluding hydrogens is 1150 g/mol. The number of ether oxygens (including phenoxy) is 4. The topological polar surface area (TPSA) is 216 Å². The van der Waals surface area contributed by atoms with Crippen molar-refractivity contribution in [2.75, 3.05) is 52.5 Å².